The van der Waals surface area contributed by atoms with Crippen molar-refractivity contribution in [1.29, 1.82) is 0 Å². The molecule has 4 nitrogen and oxygen atoms in total. The van der Waals surface area contributed by atoms with Gasteiger partial charge in [0.1, 0.15) is 13.1 Å². The Morgan fingerprint density at radius 3 is 2.67 bits per heavy atom. The molecule has 12 heavy (non-hydrogen) atoms. The fraction of sp³-hybridized carbons (Fsp3) is 0.875. The van der Waals surface area contributed by atoms with Crippen LogP contribution < -0.4 is 5.84 Å². The lowest BCUT2D eigenvalue weighted by Gasteiger charge is -2.04. The second-order valence-electron chi connectivity index (χ2n) is 2.92. The van der Waals surface area contributed by atoms with Gasteiger partial charge in [-0.1, -0.05) is 0 Å². The number of rotatable bonds is 5. The van der Waals surface area contributed by atoms with Crippen molar-refractivity contribution in [1.82, 2.24) is 4.90 Å². The first-order valence-corrected chi connectivity index (χ1v) is 4.26. The van der Waals surface area contributed by atoms with Gasteiger partial charge in [-0.3, -0.25) is 5.84 Å². The second-order valence-corrected chi connectivity index (χ2v) is 2.92. The van der Waals surface area contributed by atoms with E-state index < -0.39 is 0 Å². The van der Waals surface area contributed by atoms with Crippen molar-refractivity contribution < 1.29 is 4.68 Å². The lowest BCUT2D eigenvalue weighted by molar-refractivity contribution is -0.529. The van der Waals surface area contributed by atoms with E-state index in [9.17, 15) is 0 Å². The molecule has 0 aliphatic heterocycles. The highest BCUT2D eigenvalue weighted by atomic mass is 15.3. The third kappa shape index (κ3) is 7.25. The summed E-state index contributed by atoms with van der Waals surface area (Å²) in [6, 6.07) is 2.72. The molecule has 70 valence electrons. The maximum absolute atomic E-state index is 5.43. The van der Waals surface area contributed by atoms with E-state index in [4.69, 9.17) is 5.84 Å². The molecular weight excluding hydrogens is 152 g/mol. The van der Waals surface area contributed by atoms with Crippen molar-refractivity contribution in [3.63, 3.8) is 0 Å². The van der Waals surface area contributed by atoms with E-state index in [0.717, 1.165) is 26.1 Å². The van der Waals surface area contributed by atoms with E-state index in [-0.39, 0.29) is 0 Å². The zero-order valence-electron chi connectivity index (χ0n) is 8.25. The van der Waals surface area contributed by atoms with Gasteiger partial charge in [-0.15, -0.1) is 4.68 Å². The fourth-order valence-corrected chi connectivity index (χ4v) is 0.678. The minimum atomic E-state index is 0.747. The van der Waals surface area contributed by atoms with Crippen LogP contribution in [0, 0.1) is 0 Å². The summed E-state index contributed by atoms with van der Waals surface area (Å²) in [6.45, 7) is 4.56. The minimum absolute atomic E-state index is 0.747. The largest absolute Gasteiger partial charge is 0.331 e. The molecule has 0 aromatic rings. The third-order valence-corrected chi connectivity index (χ3v) is 1.42. The van der Waals surface area contributed by atoms with E-state index in [0.29, 0.717) is 0 Å². The summed E-state index contributed by atoms with van der Waals surface area (Å²) < 4.78 is 1.45. The molecule has 0 fully saturated rings. The van der Waals surface area contributed by atoms with Crippen LogP contribution in [0.5, 0.6) is 0 Å². The molecule has 0 aromatic heterocycles. The zero-order valence-corrected chi connectivity index (χ0v) is 8.25. The van der Waals surface area contributed by atoms with Crippen molar-refractivity contribution in [3.8, 4) is 0 Å². The lowest BCUT2D eigenvalue weighted by atomic mass is 10.4. The molecular formula is C8H19N4+. The monoisotopic (exact) mass is 171 g/mol. The van der Waals surface area contributed by atoms with Crippen LogP contribution in [0.15, 0.2) is 4.99 Å². The van der Waals surface area contributed by atoms with Gasteiger partial charge in [0.2, 0.25) is 0 Å². The number of hydrogen-bond donors (Lipinski definition) is 1. The number of nitrogens with two attached hydrogens (primary N) is 1. The summed E-state index contributed by atoms with van der Waals surface area (Å²) in [5.41, 5.74) is 0. The van der Waals surface area contributed by atoms with Crippen molar-refractivity contribution in [3.05, 3.63) is 0 Å². The Kier molecular flexibility index (Phi) is 6.34. The summed E-state index contributed by atoms with van der Waals surface area (Å²) in [5.74, 6) is 5.43. The topological polar surface area (TPSA) is 44.6 Å². The molecule has 0 heterocycles. The van der Waals surface area contributed by atoms with Crippen LogP contribution in [0.4, 0.5) is 0 Å². The molecule has 0 rings (SSSR count). The van der Waals surface area contributed by atoms with Crippen LogP contribution in [0.2, 0.25) is 0 Å². The summed E-state index contributed by atoms with van der Waals surface area (Å²) in [7, 11) is 4.10. The molecule has 0 saturated carbocycles. The van der Waals surface area contributed by atoms with Crippen LogP contribution in [0.1, 0.15) is 13.3 Å². The molecule has 0 aliphatic carbocycles. The highest BCUT2D eigenvalue weighted by Crippen LogP contribution is 1.82. The molecule has 0 bridgehead atoms. The number of hydrogen-bond acceptors (Lipinski definition) is 3. The van der Waals surface area contributed by atoms with E-state index in [1.54, 1.807) is 0 Å². The van der Waals surface area contributed by atoms with E-state index in [1.807, 2.05) is 6.92 Å². The standard InChI is InChI=1S/C8H19N4/c1-4-12(9)8-10-6-5-7-11(2)3/h4-7,9H2,1-3H3/q+1. The van der Waals surface area contributed by atoms with Crippen LogP contribution in [0.25, 0.3) is 0 Å². The molecule has 4 heteroatoms. The first-order chi connectivity index (χ1) is 5.66. The van der Waals surface area contributed by atoms with Gasteiger partial charge in [0.15, 0.2) is 0 Å². The molecule has 0 aliphatic rings. The molecule has 0 spiro atoms. The van der Waals surface area contributed by atoms with Crippen molar-refractivity contribution >= 4 is 6.01 Å². The molecule has 0 amide bonds. The maximum Gasteiger partial charge on any atom is 0.331 e. The van der Waals surface area contributed by atoms with Crippen molar-refractivity contribution in [2.45, 2.75) is 13.3 Å². The molecule has 0 aromatic carbocycles. The van der Waals surface area contributed by atoms with E-state index in [1.165, 1.54) is 4.68 Å². The average molecular weight is 171 g/mol. The van der Waals surface area contributed by atoms with Gasteiger partial charge in [0, 0.05) is 13.0 Å². The normalized spacial score (nSPS) is 9.67. The Bertz CT molecular complexity index is 168. The summed E-state index contributed by atoms with van der Waals surface area (Å²) in [6.07, 6.45) is 1.05. The first-order valence-electron chi connectivity index (χ1n) is 4.26. The number of hydrazone groups is 1. The van der Waals surface area contributed by atoms with Gasteiger partial charge in [-0.05, 0) is 26.0 Å². The Morgan fingerprint density at radius 1 is 1.50 bits per heavy atom. The summed E-state index contributed by atoms with van der Waals surface area (Å²) >= 11 is 0. The second kappa shape index (κ2) is 6.83. The fourth-order valence-electron chi connectivity index (χ4n) is 0.678. The SMILES string of the molecule is CC[N+](N)=C=NCCCN(C)C. The smallest absolute Gasteiger partial charge is 0.309 e. The summed E-state index contributed by atoms with van der Waals surface area (Å²) in [4.78, 5) is 6.17. The number of hydrazine groups is 1. The minimum Gasteiger partial charge on any atom is -0.309 e. The highest BCUT2D eigenvalue weighted by Gasteiger charge is 1.91. The van der Waals surface area contributed by atoms with Crippen LogP contribution in [-0.4, -0.2) is 49.3 Å². The van der Waals surface area contributed by atoms with Gasteiger partial charge in [0.25, 0.3) is 0 Å². The molecule has 0 atom stereocenters. The summed E-state index contributed by atoms with van der Waals surface area (Å²) in [5, 5.41) is 0. The number of aliphatic imine (C=N–C) groups is 1. The molecule has 0 saturated heterocycles. The average Bonchev–Trinajstić information content (AvgIpc) is 2.03. The van der Waals surface area contributed by atoms with Crippen molar-refractivity contribution in [2.75, 3.05) is 33.7 Å². The van der Waals surface area contributed by atoms with E-state index in [2.05, 4.69) is 30.0 Å². The Balaban J connectivity index is 3.48. The quantitative estimate of drug-likeness (QED) is 0.208. The van der Waals surface area contributed by atoms with Crippen LogP contribution in [-0.2, 0) is 0 Å². The van der Waals surface area contributed by atoms with Gasteiger partial charge >= 0.3 is 6.01 Å². The Morgan fingerprint density at radius 2 is 2.17 bits per heavy atom. The zero-order chi connectivity index (χ0) is 9.40. The van der Waals surface area contributed by atoms with E-state index >= 15 is 0 Å². The van der Waals surface area contributed by atoms with Gasteiger partial charge in [0.05, 0.1) is 0 Å². The maximum atomic E-state index is 5.43. The first kappa shape index (κ1) is 11.1. The predicted molar refractivity (Wildman–Crippen MR) is 50.5 cm³/mol. The Hall–Kier alpha value is -0.860. The van der Waals surface area contributed by atoms with Crippen LogP contribution in [0.3, 0.4) is 0 Å². The highest BCUT2D eigenvalue weighted by molar-refractivity contribution is 5.33. The molecule has 0 unspecified atom stereocenters. The van der Waals surface area contributed by atoms with Gasteiger partial charge < -0.3 is 4.90 Å². The van der Waals surface area contributed by atoms with Gasteiger partial charge in [-0.2, -0.15) is 0 Å². The molecule has 2 N–H and O–H groups in total. The molecule has 0 radical (unpaired) electrons. The Labute approximate surface area is 74.4 Å². The lowest BCUT2D eigenvalue weighted by Crippen LogP contribution is -2.18. The van der Waals surface area contributed by atoms with Gasteiger partial charge in [-0.25, -0.2) is 0 Å². The third-order valence-electron chi connectivity index (χ3n) is 1.42. The van der Waals surface area contributed by atoms with Crippen molar-refractivity contribution in [2.24, 2.45) is 10.8 Å². The predicted octanol–water partition coefficient (Wildman–Crippen LogP) is 0.0181. The number of nitrogens with zero attached hydrogens (tertiary/aromatic N) is 3. The van der Waals surface area contributed by atoms with Crippen LogP contribution >= 0.6 is 0 Å².